The molecular weight excluding hydrogens is 234 g/mol. The van der Waals surface area contributed by atoms with Crippen molar-refractivity contribution >= 4 is 0 Å². The molecule has 2 heteroatoms. The van der Waals surface area contributed by atoms with Gasteiger partial charge in [-0.1, -0.05) is 43.2 Å². The number of hydrogen-bond donors (Lipinski definition) is 1. The third kappa shape index (κ3) is 3.80. The van der Waals surface area contributed by atoms with Gasteiger partial charge in [0.25, 0.3) is 0 Å². The van der Waals surface area contributed by atoms with E-state index >= 15 is 0 Å². The molecule has 0 bridgehead atoms. The molecule has 0 heterocycles. The first kappa shape index (κ1) is 14.5. The van der Waals surface area contributed by atoms with E-state index < -0.39 is 0 Å². The predicted octanol–water partition coefficient (Wildman–Crippen LogP) is 3.48. The Bertz CT molecular complexity index is 355. The number of aliphatic hydroxyl groups excluding tert-OH is 1. The first-order chi connectivity index (χ1) is 9.22. The van der Waals surface area contributed by atoms with E-state index in [0.717, 1.165) is 18.3 Å². The van der Waals surface area contributed by atoms with Crippen molar-refractivity contribution in [2.24, 2.45) is 11.8 Å². The van der Waals surface area contributed by atoms with Gasteiger partial charge in [-0.25, -0.2) is 0 Å². The van der Waals surface area contributed by atoms with Crippen molar-refractivity contribution in [1.29, 1.82) is 0 Å². The Balaban J connectivity index is 2.02. The summed E-state index contributed by atoms with van der Waals surface area (Å²) in [5.74, 6) is 1.51. The highest BCUT2D eigenvalue weighted by Gasteiger charge is 2.29. The second-order valence-corrected chi connectivity index (χ2v) is 6.11. The Labute approximate surface area is 117 Å². The van der Waals surface area contributed by atoms with Crippen molar-refractivity contribution in [3.63, 3.8) is 0 Å². The third-order valence-electron chi connectivity index (χ3n) is 4.57. The summed E-state index contributed by atoms with van der Waals surface area (Å²) in [7, 11) is 4.38. The van der Waals surface area contributed by atoms with Crippen LogP contribution in [-0.2, 0) is 0 Å². The van der Waals surface area contributed by atoms with Crippen LogP contribution in [0.1, 0.15) is 43.7 Å². The van der Waals surface area contributed by atoms with Crippen molar-refractivity contribution in [2.45, 2.75) is 38.1 Å². The monoisotopic (exact) mass is 261 g/mol. The van der Waals surface area contributed by atoms with Gasteiger partial charge in [-0.05, 0) is 50.8 Å². The molecule has 1 N–H and O–H groups in total. The van der Waals surface area contributed by atoms with E-state index in [-0.39, 0.29) is 0 Å². The van der Waals surface area contributed by atoms with Crippen LogP contribution < -0.4 is 0 Å². The Kier molecular flexibility index (Phi) is 5.41. The Hall–Kier alpha value is -0.860. The zero-order valence-electron chi connectivity index (χ0n) is 12.3. The van der Waals surface area contributed by atoms with Crippen LogP contribution in [0.25, 0.3) is 0 Å². The number of rotatable bonds is 5. The fourth-order valence-corrected chi connectivity index (χ4v) is 3.62. The molecule has 0 spiro atoms. The smallest absolute Gasteiger partial charge is 0.0433 e. The molecule has 106 valence electrons. The largest absolute Gasteiger partial charge is 0.396 e. The molecule has 1 unspecified atom stereocenters. The normalized spacial score (nSPS) is 25.5. The molecule has 19 heavy (non-hydrogen) atoms. The van der Waals surface area contributed by atoms with Gasteiger partial charge in [0.1, 0.15) is 0 Å². The van der Waals surface area contributed by atoms with Gasteiger partial charge in [-0.3, -0.25) is 0 Å². The molecule has 1 aromatic rings. The van der Waals surface area contributed by atoms with Gasteiger partial charge in [0.05, 0.1) is 0 Å². The Morgan fingerprint density at radius 2 is 1.74 bits per heavy atom. The summed E-state index contributed by atoms with van der Waals surface area (Å²) in [6, 6.07) is 11.4. The molecule has 0 amide bonds. The maximum absolute atomic E-state index is 9.05. The van der Waals surface area contributed by atoms with E-state index in [1.807, 2.05) is 0 Å². The molecular formula is C17H27NO. The molecule has 0 saturated heterocycles. The maximum Gasteiger partial charge on any atom is 0.0433 e. The predicted molar refractivity (Wildman–Crippen MR) is 80.0 cm³/mol. The van der Waals surface area contributed by atoms with Crippen LogP contribution in [0.3, 0.4) is 0 Å². The second kappa shape index (κ2) is 7.06. The van der Waals surface area contributed by atoms with Gasteiger partial charge in [-0.2, -0.15) is 0 Å². The molecule has 1 aliphatic rings. The van der Waals surface area contributed by atoms with E-state index in [2.05, 4.69) is 49.3 Å². The Morgan fingerprint density at radius 1 is 1.11 bits per heavy atom. The summed E-state index contributed by atoms with van der Waals surface area (Å²) >= 11 is 0. The standard InChI is InChI=1S/C17H27NO/c1-18(2)17(15-6-4-3-5-7-15)16-10-8-14(9-11-16)12-13-19/h3-7,14,16-17,19H,8-13H2,1-2H3. The summed E-state index contributed by atoms with van der Waals surface area (Å²) in [4.78, 5) is 2.37. The average Bonchev–Trinajstić information content (AvgIpc) is 2.42. The zero-order valence-corrected chi connectivity index (χ0v) is 12.3. The van der Waals surface area contributed by atoms with Crippen molar-refractivity contribution in [1.82, 2.24) is 4.90 Å². The van der Waals surface area contributed by atoms with Crippen LogP contribution in [0.15, 0.2) is 30.3 Å². The van der Waals surface area contributed by atoms with Crippen LogP contribution in [0.2, 0.25) is 0 Å². The summed E-state index contributed by atoms with van der Waals surface area (Å²) in [5, 5.41) is 9.05. The highest BCUT2D eigenvalue weighted by molar-refractivity contribution is 5.20. The van der Waals surface area contributed by atoms with E-state index in [0.29, 0.717) is 12.6 Å². The van der Waals surface area contributed by atoms with Crippen LogP contribution in [0.5, 0.6) is 0 Å². The molecule has 1 aromatic carbocycles. The topological polar surface area (TPSA) is 23.5 Å². The molecule has 1 aliphatic carbocycles. The SMILES string of the molecule is CN(C)C(c1ccccc1)C1CCC(CCO)CC1. The average molecular weight is 261 g/mol. The highest BCUT2D eigenvalue weighted by atomic mass is 16.3. The van der Waals surface area contributed by atoms with Crippen molar-refractivity contribution in [2.75, 3.05) is 20.7 Å². The fraction of sp³-hybridized carbons (Fsp3) is 0.647. The van der Waals surface area contributed by atoms with Crippen LogP contribution in [-0.4, -0.2) is 30.7 Å². The lowest BCUT2D eigenvalue weighted by molar-refractivity contribution is 0.136. The summed E-state index contributed by atoms with van der Waals surface area (Å²) in [6.45, 7) is 0.352. The van der Waals surface area contributed by atoms with Gasteiger partial charge in [0, 0.05) is 12.6 Å². The zero-order chi connectivity index (χ0) is 13.7. The lowest BCUT2D eigenvalue weighted by atomic mass is 9.75. The maximum atomic E-state index is 9.05. The molecule has 0 aliphatic heterocycles. The van der Waals surface area contributed by atoms with Gasteiger partial charge in [-0.15, -0.1) is 0 Å². The Morgan fingerprint density at radius 3 is 2.26 bits per heavy atom. The third-order valence-corrected chi connectivity index (χ3v) is 4.57. The van der Waals surface area contributed by atoms with E-state index in [9.17, 15) is 0 Å². The first-order valence-corrected chi connectivity index (χ1v) is 7.54. The van der Waals surface area contributed by atoms with Crippen molar-refractivity contribution in [3.8, 4) is 0 Å². The van der Waals surface area contributed by atoms with Crippen LogP contribution in [0.4, 0.5) is 0 Å². The van der Waals surface area contributed by atoms with Crippen LogP contribution in [0, 0.1) is 11.8 Å². The van der Waals surface area contributed by atoms with Gasteiger partial charge >= 0.3 is 0 Å². The number of hydrogen-bond acceptors (Lipinski definition) is 2. The van der Waals surface area contributed by atoms with E-state index in [1.54, 1.807) is 0 Å². The molecule has 1 atom stereocenters. The fourth-order valence-electron chi connectivity index (χ4n) is 3.62. The lowest BCUT2D eigenvalue weighted by Gasteiger charge is -2.37. The van der Waals surface area contributed by atoms with E-state index in [4.69, 9.17) is 5.11 Å². The summed E-state index contributed by atoms with van der Waals surface area (Å²) in [6.07, 6.45) is 6.14. The molecule has 0 aromatic heterocycles. The van der Waals surface area contributed by atoms with Gasteiger partial charge < -0.3 is 10.0 Å². The molecule has 2 rings (SSSR count). The van der Waals surface area contributed by atoms with Crippen molar-refractivity contribution < 1.29 is 5.11 Å². The quantitative estimate of drug-likeness (QED) is 0.877. The molecule has 0 radical (unpaired) electrons. The molecule has 1 fully saturated rings. The molecule has 1 saturated carbocycles. The number of benzene rings is 1. The van der Waals surface area contributed by atoms with E-state index in [1.165, 1.54) is 31.2 Å². The van der Waals surface area contributed by atoms with Gasteiger partial charge in [0.2, 0.25) is 0 Å². The molecule has 2 nitrogen and oxygen atoms in total. The van der Waals surface area contributed by atoms with Crippen LogP contribution >= 0.6 is 0 Å². The number of aliphatic hydroxyl groups is 1. The summed E-state index contributed by atoms with van der Waals surface area (Å²) < 4.78 is 0. The van der Waals surface area contributed by atoms with Gasteiger partial charge in [0.15, 0.2) is 0 Å². The first-order valence-electron chi connectivity index (χ1n) is 7.54. The minimum absolute atomic E-state index is 0.352. The minimum atomic E-state index is 0.352. The highest BCUT2D eigenvalue weighted by Crippen LogP contribution is 2.39. The summed E-state index contributed by atoms with van der Waals surface area (Å²) in [5.41, 5.74) is 1.44. The van der Waals surface area contributed by atoms with Crippen molar-refractivity contribution in [3.05, 3.63) is 35.9 Å². The number of nitrogens with zero attached hydrogens (tertiary/aromatic N) is 1. The second-order valence-electron chi connectivity index (χ2n) is 6.11. The lowest BCUT2D eigenvalue weighted by Crippen LogP contribution is -2.30. The minimum Gasteiger partial charge on any atom is -0.396 e.